The highest BCUT2D eigenvalue weighted by Gasteiger charge is 2.01. The maximum absolute atomic E-state index is 7.31. The van der Waals surface area contributed by atoms with Crippen molar-refractivity contribution in [2.24, 2.45) is 5.73 Å². The standard InChI is InChI=1S/C12H11N3.C11H8ClN.CH4.ClH/c13-12(14)11-8-10(6-7-15-11)9-4-2-1-3-5-9;12-11-8-10(6-7-13-11)9-4-2-1-3-5-9;;/h1-8H,(H3,13,14);1-8H;1H4;1H. The van der Waals surface area contributed by atoms with E-state index in [0.717, 1.165) is 22.3 Å². The van der Waals surface area contributed by atoms with Crippen LogP contribution in [0.15, 0.2) is 97.3 Å². The van der Waals surface area contributed by atoms with E-state index in [9.17, 15) is 0 Å². The molecule has 3 N–H and O–H groups in total. The van der Waals surface area contributed by atoms with Gasteiger partial charge >= 0.3 is 0 Å². The Labute approximate surface area is 188 Å². The van der Waals surface area contributed by atoms with Crippen LogP contribution in [-0.2, 0) is 0 Å². The molecule has 4 aromatic rings. The summed E-state index contributed by atoms with van der Waals surface area (Å²) < 4.78 is 0. The van der Waals surface area contributed by atoms with Crippen molar-refractivity contribution in [3.8, 4) is 22.3 Å². The molecule has 0 fully saturated rings. The number of hydrogen-bond acceptors (Lipinski definition) is 3. The van der Waals surface area contributed by atoms with Crippen LogP contribution in [0.25, 0.3) is 22.3 Å². The Morgan fingerprint density at radius 2 is 1.17 bits per heavy atom. The molecule has 0 unspecified atom stereocenters. The second kappa shape index (κ2) is 12.4. The summed E-state index contributed by atoms with van der Waals surface area (Å²) in [6.07, 6.45) is 3.38. The van der Waals surface area contributed by atoms with E-state index < -0.39 is 0 Å². The number of nitrogen functional groups attached to an aromatic ring is 1. The van der Waals surface area contributed by atoms with Crippen molar-refractivity contribution >= 4 is 29.8 Å². The average Bonchev–Trinajstić information content (AvgIpc) is 2.75. The quantitative estimate of drug-likeness (QED) is 0.218. The molecule has 0 bridgehead atoms. The third kappa shape index (κ3) is 6.99. The molecule has 4 nitrogen and oxygen atoms in total. The van der Waals surface area contributed by atoms with Gasteiger partial charge in [0.2, 0.25) is 0 Å². The topological polar surface area (TPSA) is 75.7 Å². The van der Waals surface area contributed by atoms with Gasteiger partial charge in [0.25, 0.3) is 0 Å². The van der Waals surface area contributed by atoms with E-state index in [1.165, 1.54) is 0 Å². The van der Waals surface area contributed by atoms with Crippen LogP contribution >= 0.6 is 24.0 Å². The molecule has 0 saturated heterocycles. The molecule has 0 aliphatic rings. The monoisotopic (exact) mass is 438 g/mol. The summed E-state index contributed by atoms with van der Waals surface area (Å²) in [5.74, 6) is -0.00668. The van der Waals surface area contributed by atoms with E-state index in [1.807, 2.05) is 84.9 Å². The molecular formula is C24H24Cl2N4. The Morgan fingerprint density at radius 3 is 1.63 bits per heavy atom. The zero-order valence-corrected chi connectivity index (χ0v) is 17.1. The van der Waals surface area contributed by atoms with Gasteiger partial charge in [-0.1, -0.05) is 79.7 Å². The summed E-state index contributed by atoms with van der Waals surface area (Å²) in [6.45, 7) is 0. The van der Waals surface area contributed by atoms with Crippen molar-refractivity contribution in [1.29, 1.82) is 5.41 Å². The minimum absolute atomic E-state index is 0. The first-order valence-corrected chi connectivity index (χ1v) is 9.04. The first-order chi connectivity index (χ1) is 13.6. The highest BCUT2D eigenvalue weighted by molar-refractivity contribution is 6.29. The number of hydrogen-bond donors (Lipinski definition) is 2. The van der Waals surface area contributed by atoms with Crippen LogP contribution in [0.5, 0.6) is 0 Å². The smallest absolute Gasteiger partial charge is 0.141 e. The zero-order chi connectivity index (χ0) is 19.8. The lowest BCUT2D eigenvalue weighted by molar-refractivity contribution is 1.26. The first kappa shape index (κ1) is 24.8. The lowest BCUT2D eigenvalue weighted by Gasteiger charge is -2.02. The summed E-state index contributed by atoms with van der Waals surface area (Å²) in [5, 5.41) is 7.84. The third-order valence-corrected chi connectivity index (χ3v) is 4.18. The van der Waals surface area contributed by atoms with Crippen molar-refractivity contribution in [1.82, 2.24) is 9.97 Å². The predicted molar refractivity (Wildman–Crippen MR) is 129 cm³/mol. The number of nitrogens with zero attached hydrogens (tertiary/aromatic N) is 2. The number of nitrogens with one attached hydrogen (secondary N) is 1. The van der Waals surface area contributed by atoms with Crippen LogP contribution in [0, 0.1) is 5.41 Å². The van der Waals surface area contributed by atoms with Gasteiger partial charge in [-0.3, -0.25) is 10.4 Å². The van der Waals surface area contributed by atoms with Crippen LogP contribution in [-0.4, -0.2) is 15.8 Å². The fourth-order valence-corrected chi connectivity index (χ4v) is 2.77. The largest absolute Gasteiger partial charge is 0.382 e. The van der Waals surface area contributed by atoms with Gasteiger partial charge in [0, 0.05) is 12.4 Å². The number of aromatic nitrogens is 2. The van der Waals surface area contributed by atoms with Crippen molar-refractivity contribution in [3.63, 3.8) is 0 Å². The molecular weight excluding hydrogens is 415 g/mol. The maximum atomic E-state index is 7.31. The first-order valence-electron chi connectivity index (χ1n) is 8.66. The van der Waals surface area contributed by atoms with Crippen molar-refractivity contribution in [3.05, 3.63) is 108 Å². The molecule has 0 spiro atoms. The normalized spacial score (nSPS) is 9.23. The summed E-state index contributed by atoms with van der Waals surface area (Å²) in [4.78, 5) is 7.95. The minimum atomic E-state index is -0.00668. The Morgan fingerprint density at radius 1 is 0.700 bits per heavy atom. The molecule has 4 rings (SSSR count). The van der Waals surface area contributed by atoms with Gasteiger partial charge in [0.05, 0.1) is 0 Å². The molecule has 0 atom stereocenters. The number of halogens is 2. The Hall–Kier alpha value is -3.21. The number of pyridine rings is 2. The summed E-state index contributed by atoms with van der Waals surface area (Å²) in [7, 11) is 0. The highest BCUT2D eigenvalue weighted by atomic mass is 35.5. The zero-order valence-electron chi connectivity index (χ0n) is 15.5. The van der Waals surface area contributed by atoms with E-state index in [0.29, 0.717) is 10.8 Å². The lowest BCUT2D eigenvalue weighted by atomic mass is 10.1. The number of rotatable bonds is 3. The number of nitrogens with two attached hydrogens (primary N) is 1. The second-order valence-electron chi connectivity index (χ2n) is 5.94. The lowest BCUT2D eigenvalue weighted by Crippen LogP contribution is -2.12. The van der Waals surface area contributed by atoms with Crippen molar-refractivity contribution in [2.75, 3.05) is 0 Å². The molecule has 0 aliphatic carbocycles. The van der Waals surface area contributed by atoms with Crippen LogP contribution in [0.4, 0.5) is 0 Å². The van der Waals surface area contributed by atoms with Crippen LogP contribution in [0.2, 0.25) is 5.15 Å². The van der Waals surface area contributed by atoms with Gasteiger partial charge in [-0.25, -0.2) is 4.98 Å². The fourth-order valence-electron chi connectivity index (χ4n) is 2.60. The SMILES string of the molecule is C.Cl.Clc1cc(-c2ccccc2)ccn1.N=C(N)c1cc(-c2ccccc2)ccn1. The van der Waals surface area contributed by atoms with Gasteiger partial charge in [0.1, 0.15) is 16.7 Å². The second-order valence-corrected chi connectivity index (χ2v) is 6.33. The Kier molecular flexibility index (Phi) is 10.2. The molecule has 2 heterocycles. The van der Waals surface area contributed by atoms with Crippen LogP contribution < -0.4 is 5.73 Å². The minimum Gasteiger partial charge on any atom is -0.382 e. The summed E-state index contributed by atoms with van der Waals surface area (Å²) in [6, 6.07) is 27.6. The molecule has 2 aromatic carbocycles. The maximum Gasteiger partial charge on any atom is 0.141 e. The molecule has 0 amide bonds. The molecule has 0 saturated carbocycles. The van der Waals surface area contributed by atoms with E-state index in [2.05, 4.69) is 9.97 Å². The molecule has 30 heavy (non-hydrogen) atoms. The van der Waals surface area contributed by atoms with Gasteiger partial charge in [-0.2, -0.15) is 0 Å². The third-order valence-electron chi connectivity index (χ3n) is 3.98. The number of amidine groups is 1. The van der Waals surface area contributed by atoms with Gasteiger partial charge in [-0.15, -0.1) is 12.4 Å². The number of benzene rings is 2. The van der Waals surface area contributed by atoms with E-state index in [4.69, 9.17) is 22.7 Å². The van der Waals surface area contributed by atoms with E-state index >= 15 is 0 Å². The van der Waals surface area contributed by atoms with E-state index in [-0.39, 0.29) is 25.7 Å². The Bertz CT molecular complexity index is 1050. The van der Waals surface area contributed by atoms with Gasteiger partial charge < -0.3 is 5.73 Å². The van der Waals surface area contributed by atoms with Gasteiger partial charge in [0.15, 0.2) is 0 Å². The molecule has 0 aliphatic heterocycles. The van der Waals surface area contributed by atoms with E-state index in [1.54, 1.807) is 12.4 Å². The summed E-state index contributed by atoms with van der Waals surface area (Å²) >= 11 is 5.78. The predicted octanol–water partition coefficient (Wildman–Crippen LogP) is 6.49. The average molecular weight is 439 g/mol. The van der Waals surface area contributed by atoms with Crippen molar-refractivity contribution in [2.45, 2.75) is 7.43 Å². The molecule has 154 valence electrons. The van der Waals surface area contributed by atoms with Crippen molar-refractivity contribution < 1.29 is 0 Å². The van der Waals surface area contributed by atoms with Gasteiger partial charge in [-0.05, 0) is 46.5 Å². The van der Waals surface area contributed by atoms with Crippen LogP contribution in [0.1, 0.15) is 13.1 Å². The molecule has 2 aromatic heterocycles. The molecule has 0 radical (unpaired) electrons. The fraction of sp³-hybridized carbons (Fsp3) is 0.0417. The van der Waals surface area contributed by atoms with Crippen LogP contribution in [0.3, 0.4) is 0 Å². The molecule has 6 heteroatoms. The Balaban J connectivity index is 0.000000284. The highest BCUT2D eigenvalue weighted by Crippen LogP contribution is 2.20. The summed E-state index contributed by atoms with van der Waals surface area (Å²) in [5.41, 5.74) is 10.3.